The molecule has 1 unspecified atom stereocenters. The lowest BCUT2D eigenvalue weighted by molar-refractivity contribution is -0.166. The van der Waals surface area contributed by atoms with Crippen LogP contribution in [0.5, 0.6) is 5.75 Å². The Hall–Kier alpha value is -5.01. The summed E-state index contributed by atoms with van der Waals surface area (Å²) in [6, 6.07) is 9.32. The van der Waals surface area contributed by atoms with Crippen molar-refractivity contribution < 1.29 is 65.4 Å². The van der Waals surface area contributed by atoms with Gasteiger partial charge in [0, 0.05) is 66.9 Å². The molecule has 2 aromatic carbocycles. The molecule has 366 valence electrons. The molecule has 0 bridgehead atoms. The van der Waals surface area contributed by atoms with Crippen molar-refractivity contribution in [2.45, 2.75) is 91.8 Å². The predicted molar refractivity (Wildman–Crippen MR) is 238 cm³/mol. The zero-order chi connectivity index (χ0) is 47.8. The van der Waals surface area contributed by atoms with Gasteiger partial charge in [-0.05, 0) is 61.9 Å². The topological polar surface area (TPSA) is 248 Å². The van der Waals surface area contributed by atoms with Crippen molar-refractivity contribution in [2.24, 2.45) is 10.2 Å². The number of hydrogen-bond acceptors (Lipinski definition) is 15. The number of fused-ring (bicyclic) bond motifs is 1. The summed E-state index contributed by atoms with van der Waals surface area (Å²) in [5.74, 6) is -2.03. The number of benzene rings is 2. The fourth-order valence-electron chi connectivity index (χ4n) is 7.45. The smallest absolute Gasteiger partial charge is 0.442 e. The van der Waals surface area contributed by atoms with Crippen LogP contribution < -0.4 is 26.6 Å². The number of carbonyl (C=O) groups excluding carboxylic acids is 6. The Labute approximate surface area is 393 Å². The Bertz CT molecular complexity index is 2050. The van der Waals surface area contributed by atoms with Gasteiger partial charge in [-0.15, -0.1) is 10.2 Å². The van der Waals surface area contributed by atoms with E-state index in [2.05, 4.69) is 36.8 Å². The van der Waals surface area contributed by atoms with Gasteiger partial charge in [-0.3, -0.25) is 33.1 Å². The van der Waals surface area contributed by atoms with E-state index < -0.39 is 59.9 Å². The average molecular weight is 981 g/mol. The third kappa shape index (κ3) is 15.0. The monoisotopic (exact) mass is 980 g/mol. The molecule has 4 heterocycles. The van der Waals surface area contributed by atoms with Crippen LogP contribution in [0.3, 0.4) is 0 Å². The van der Waals surface area contributed by atoms with E-state index in [-0.39, 0.29) is 67.1 Å². The molecule has 7 amide bonds. The zero-order valence-corrected chi connectivity index (χ0v) is 38.2. The molecule has 6 rings (SSSR count). The van der Waals surface area contributed by atoms with Crippen molar-refractivity contribution in [1.29, 1.82) is 0 Å². The molecule has 3 saturated heterocycles. The van der Waals surface area contributed by atoms with Crippen LogP contribution in [0.15, 0.2) is 58.8 Å². The molecule has 3 fully saturated rings. The minimum absolute atomic E-state index is 0.0106. The summed E-state index contributed by atoms with van der Waals surface area (Å²) in [6.07, 6.45) is -1.07. The molecule has 0 aliphatic carbocycles. The van der Waals surface area contributed by atoms with Crippen molar-refractivity contribution in [1.82, 2.24) is 31.5 Å². The fourth-order valence-corrected chi connectivity index (χ4v) is 9.80. The molecule has 6 N–H and O–H groups in total. The van der Waals surface area contributed by atoms with Crippen LogP contribution in [0.25, 0.3) is 0 Å². The van der Waals surface area contributed by atoms with E-state index in [4.69, 9.17) is 18.4 Å². The number of amides is 7. The molecule has 24 heteroatoms. The van der Waals surface area contributed by atoms with Crippen molar-refractivity contribution in [2.75, 3.05) is 65.2 Å². The Morgan fingerprint density at radius 2 is 1.54 bits per heavy atom. The molecule has 19 nitrogen and oxygen atoms in total. The number of ether oxygens (including phenoxy) is 3. The Morgan fingerprint density at radius 1 is 0.881 bits per heavy atom. The molecule has 67 heavy (non-hydrogen) atoms. The van der Waals surface area contributed by atoms with Gasteiger partial charge in [-0.2, -0.15) is 24.9 Å². The van der Waals surface area contributed by atoms with Gasteiger partial charge in [-0.25, -0.2) is 4.79 Å². The molecule has 0 aromatic heterocycles. The van der Waals surface area contributed by atoms with Crippen LogP contribution in [0, 0.1) is 0 Å². The summed E-state index contributed by atoms with van der Waals surface area (Å²) in [5, 5.41) is 29.4. The Balaban J connectivity index is 0.841. The summed E-state index contributed by atoms with van der Waals surface area (Å²) in [5.41, 5.74) is -2.39. The van der Waals surface area contributed by atoms with E-state index in [1.807, 2.05) is 11.8 Å². The predicted octanol–water partition coefficient (Wildman–Crippen LogP) is 3.45. The second kappa shape index (κ2) is 24.8. The lowest BCUT2D eigenvalue weighted by Gasteiger charge is -2.30. The summed E-state index contributed by atoms with van der Waals surface area (Å²) in [7, 11) is 0. The normalized spacial score (nSPS) is 21.0. The highest BCUT2D eigenvalue weighted by molar-refractivity contribution is 8.00. The van der Waals surface area contributed by atoms with Crippen LogP contribution in [0.2, 0.25) is 0 Å². The van der Waals surface area contributed by atoms with Gasteiger partial charge in [0.1, 0.15) is 23.8 Å². The third-order valence-corrected chi connectivity index (χ3v) is 13.5. The number of unbranched alkanes of at least 4 members (excludes halogenated alkanes) is 1. The van der Waals surface area contributed by atoms with Gasteiger partial charge in [0.15, 0.2) is 0 Å². The van der Waals surface area contributed by atoms with Crippen molar-refractivity contribution in [3.8, 4) is 5.75 Å². The number of nitrogens with one attached hydrogen (secondary N) is 5. The zero-order valence-electron chi connectivity index (χ0n) is 36.6. The van der Waals surface area contributed by atoms with E-state index in [1.165, 1.54) is 12.1 Å². The molecular formula is C43H55F3N8O11S2. The first-order chi connectivity index (χ1) is 32.2. The number of rotatable bonds is 27. The van der Waals surface area contributed by atoms with E-state index >= 15 is 0 Å². The van der Waals surface area contributed by atoms with Gasteiger partial charge in [-0.1, -0.05) is 30.7 Å². The molecular weight excluding hydrogens is 926 g/mol. The first-order valence-corrected chi connectivity index (χ1v) is 23.9. The number of imide groups is 1. The number of hydrogen-bond donors (Lipinski definition) is 6. The lowest BCUT2D eigenvalue weighted by atomic mass is 10.0. The highest BCUT2D eigenvalue weighted by Crippen LogP contribution is 2.52. The van der Waals surface area contributed by atoms with Crippen LogP contribution in [-0.2, 0) is 49.7 Å². The van der Waals surface area contributed by atoms with Gasteiger partial charge in [0.25, 0.3) is 5.91 Å². The highest BCUT2D eigenvalue weighted by atomic mass is 32.2. The maximum absolute atomic E-state index is 13.5. The molecule has 0 saturated carbocycles. The summed E-state index contributed by atoms with van der Waals surface area (Å²) in [6.45, 7) is 2.17. The lowest BCUT2D eigenvalue weighted by Crippen LogP contribution is -2.52. The molecule has 0 spiro atoms. The van der Waals surface area contributed by atoms with Crippen LogP contribution in [-0.4, -0.2) is 146 Å². The number of phenols is 1. The van der Waals surface area contributed by atoms with Gasteiger partial charge >= 0.3 is 17.9 Å². The maximum Gasteiger partial charge on any atom is 0.442 e. The van der Waals surface area contributed by atoms with Gasteiger partial charge < -0.3 is 45.9 Å². The summed E-state index contributed by atoms with van der Waals surface area (Å²) < 4.78 is 62.6. The highest BCUT2D eigenvalue weighted by Gasteiger charge is 2.65. The van der Waals surface area contributed by atoms with Crippen LogP contribution in [0.4, 0.5) is 18.0 Å². The summed E-state index contributed by atoms with van der Waals surface area (Å²) in [4.78, 5) is 78.2. The average Bonchev–Trinajstić information content (AvgIpc) is 3.95. The minimum atomic E-state index is -4.77. The quantitative estimate of drug-likeness (QED) is 0.0427. The van der Waals surface area contributed by atoms with Crippen molar-refractivity contribution >= 4 is 59.4 Å². The SMILES string of the molecule is O=C(CCCC[C@@H]1SC[C@@H]2NC(=O)N[C@@H]21)NCCCOCCOCCOCCCNC(=O)[C@@H](CC(=O)N1COSC(Cc2ccc(O)cc2)C1=O)NC(=O)c1ccc(C2(C(F)(F)F)N=N2)cc1. The largest absolute Gasteiger partial charge is 0.508 e. The standard InChI is InChI=1S/C43H55F3N8O11S2/c44-43(45,46)42(52-53-42)29-11-9-28(10-12-29)38(58)49-31(24-36(57)54-26-65-67-34(40(54)60)23-27-7-13-30(55)14-8-27)39(59)48-16-4-18-63-20-22-64-21-19-62-17-3-15-47-35(56)6-2-1-5-33-37-32(25-66-33)50-41(61)51-37/h7-14,31-34,37,55H,1-6,15-26H2,(H,47,56)(H,48,59)(H,49,58)(H2,50,51,61)/t31-,32+,33+,34?,37+/m1/s1. The molecule has 4 aliphatic rings. The molecule has 2 aromatic rings. The van der Waals surface area contributed by atoms with E-state index in [0.29, 0.717) is 63.0 Å². The minimum Gasteiger partial charge on any atom is -0.508 e. The number of aromatic hydroxyl groups is 1. The molecule has 5 atom stereocenters. The van der Waals surface area contributed by atoms with E-state index in [0.717, 1.165) is 66.2 Å². The Morgan fingerprint density at radius 3 is 2.19 bits per heavy atom. The number of thioether (sulfide) groups is 1. The number of alkyl halides is 3. The molecule has 0 radical (unpaired) electrons. The van der Waals surface area contributed by atoms with E-state index in [9.17, 15) is 47.0 Å². The van der Waals surface area contributed by atoms with E-state index in [1.54, 1.807) is 12.1 Å². The van der Waals surface area contributed by atoms with Gasteiger partial charge in [0.05, 0.1) is 44.9 Å². The maximum atomic E-state index is 13.5. The van der Waals surface area contributed by atoms with Gasteiger partial charge in [0.2, 0.25) is 23.6 Å². The first-order valence-electron chi connectivity index (χ1n) is 22.0. The third-order valence-electron chi connectivity index (χ3n) is 11.2. The second-order valence-electron chi connectivity index (χ2n) is 16.1. The number of carbonyl (C=O) groups is 6. The molecule has 4 aliphatic heterocycles. The van der Waals surface area contributed by atoms with Crippen molar-refractivity contribution in [3.05, 3.63) is 65.2 Å². The summed E-state index contributed by atoms with van der Waals surface area (Å²) >= 11 is 2.75. The van der Waals surface area contributed by atoms with Crippen LogP contribution >= 0.6 is 23.8 Å². The van der Waals surface area contributed by atoms with Crippen molar-refractivity contribution in [3.63, 3.8) is 0 Å². The van der Waals surface area contributed by atoms with Crippen LogP contribution in [0.1, 0.15) is 66.4 Å². The first kappa shape index (κ1) is 51.4. The number of halogens is 3. The second-order valence-corrected chi connectivity index (χ2v) is 18.4. The number of nitrogens with zero attached hydrogens (tertiary/aromatic N) is 3. The fraction of sp³-hybridized carbons (Fsp3) is 0.581. The Kier molecular flexibility index (Phi) is 19.1. The number of urea groups is 1. The number of phenolic OH excluding ortho intramolecular Hbond substituents is 1.